The van der Waals surface area contributed by atoms with Crippen molar-refractivity contribution in [3.63, 3.8) is 0 Å². The highest BCUT2D eigenvalue weighted by Crippen LogP contribution is 2.40. The van der Waals surface area contributed by atoms with Crippen LogP contribution < -0.4 is 5.32 Å². The van der Waals surface area contributed by atoms with Gasteiger partial charge in [0.15, 0.2) is 0 Å². The zero-order valence-electron chi connectivity index (χ0n) is 18.2. The fourth-order valence-electron chi connectivity index (χ4n) is 5.20. The molecule has 0 radical (unpaired) electrons. The number of carbonyl (C=O) groups is 2. The topological polar surface area (TPSA) is 63.6 Å². The Hall–Kier alpha value is -2.60. The Bertz CT molecular complexity index is 964. The van der Waals surface area contributed by atoms with Crippen molar-refractivity contribution in [3.05, 3.63) is 58.9 Å². The van der Waals surface area contributed by atoms with Crippen LogP contribution in [0, 0.1) is 5.92 Å². The Morgan fingerprint density at radius 1 is 1.16 bits per heavy atom. The third-order valence-electron chi connectivity index (χ3n) is 7.01. The van der Waals surface area contributed by atoms with Crippen LogP contribution >= 0.6 is 0 Å². The van der Waals surface area contributed by atoms with E-state index in [1.807, 2.05) is 41.0 Å². The molecule has 5 rings (SSSR count). The summed E-state index contributed by atoms with van der Waals surface area (Å²) in [7, 11) is 0. The van der Waals surface area contributed by atoms with Crippen molar-refractivity contribution in [2.75, 3.05) is 13.2 Å². The van der Waals surface area contributed by atoms with Gasteiger partial charge in [0.2, 0.25) is 0 Å². The Kier molecular flexibility index (Phi) is 5.57. The molecule has 1 aliphatic carbocycles. The molecule has 0 spiro atoms. The molecule has 3 heterocycles. The number of ether oxygens (including phenoxy) is 1. The van der Waals surface area contributed by atoms with Gasteiger partial charge in [0.1, 0.15) is 5.69 Å². The molecule has 6 heteroatoms. The van der Waals surface area contributed by atoms with Crippen LogP contribution in [0.2, 0.25) is 0 Å². The van der Waals surface area contributed by atoms with Crippen molar-refractivity contribution in [1.82, 2.24) is 14.8 Å². The van der Waals surface area contributed by atoms with E-state index in [4.69, 9.17) is 4.74 Å². The van der Waals surface area contributed by atoms with Crippen LogP contribution in [-0.4, -0.2) is 40.5 Å². The van der Waals surface area contributed by atoms with Gasteiger partial charge in [0, 0.05) is 19.1 Å². The molecular formula is C25H31N3O3. The zero-order chi connectivity index (χ0) is 21.4. The highest BCUT2D eigenvalue weighted by molar-refractivity contribution is 6.01. The average molecular weight is 422 g/mol. The molecule has 1 saturated carbocycles. The summed E-state index contributed by atoms with van der Waals surface area (Å²) >= 11 is 0. The van der Waals surface area contributed by atoms with Gasteiger partial charge in [-0.25, -0.2) is 0 Å². The Morgan fingerprint density at radius 3 is 2.71 bits per heavy atom. The van der Waals surface area contributed by atoms with E-state index >= 15 is 0 Å². The summed E-state index contributed by atoms with van der Waals surface area (Å²) in [6.45, 7) is 4.43. The second kappa shape index (κ2) is 8.50. The minimum atomic E-state index is -0.135. The smallest absolute Gasteiger partial charge is 0.270 e. The number of hydrogen-bond acceptors (Lipinski definition) is 3. The van der Waals surface area contributed by atoms with Gasteiger partial charge in [-0.3, -0.25) is 9.59 Å². The van der Waals surface area contributed by atoms with Crippen LogP contribution in [0.15, 0.2) is 36.4 Å². The van der Waals surface area contributed by atoms with Gasteiger partial charge in [0.25, 0.3) is 11.8 Å². The molecule has 0 bridgehead atoms. The maximum atomic E-state index is 13.5. The third-order valence-corrected chi connectivity index (χ3v) is 7.01. The molecule has 1 N–H and O–H groups in total. The monoisotopic (exact) mass is 421 g/mol. The lowest BCUT2D eigenvalue weighted by Gasteiger charge is -2.26. The molecule has 1 unspecified atom stereocenters. The summed E-state index contributed by atoms with van der Waals surface area (Å²) in [6, 6.07) is 12.1. The van der Waals surface area contributed by atoms with Crippen molar-refractivity contribution in [3.8, 4) is 0 Å². The minimum Gasteiger partial charge on any atom is -0.373 e. The lowest BCUT2D eigenvalue weighted by Crippen LogP contribution is -2.38. The van der Waals surface area contributed by atoms with E-state index < -0.39 is 0 Å². The van der Waals surface area contributed by atoms with Gasteiger partial charge in [-0.1, -0.05) is 37.3 Å². The second-order valence-corrected chi connectivity index (χ2v) is 8.98. The summed E-state index contributed by atoms with van der Waals surface area (Å²) in [5.74, 6) is 0.611. The van der Waals surface area contributed by atoms with E-state index in [1.54, 1.807) is 0 Å². The molecule has 1 saturated heterocycles. The molecular weight excluding hydrogens is 390 g/mol. The van der Waals surface area contributed by atoms with Gasteiger partial charge < -0.3 is 19.5 Å². The Balaban J connectivity index is 1.42. The molecule has 31 heavy (non-hydrogen) atoms. The highest BCUT2D eigenvalue weighted by atomic mass is 16.5. The minimum absolute atomic E-state index is 0.0641. The van der Waals surface area contributed by atoms with E-state index in [-0.39, 0.29) is 17.9 Å². The van der Waals surface area contributed by atoms with Crippen molar-refractivity contribution >= 4 is 11.8 Å². The van der Waals surface area contributed by atoms with Crippen LogP contribution in [0.1, 0.15) is 77.2 Å². The van der Waals surface area contributed by atoms with Crippen LogP contribution in [0.3, 0.4) is 0 Å². The number of carbonyl (C=O) groups excluding carboxylic acids is 2. The number of likely N-dealkylation sites (tertiary alicyclic amines) is 1. The fraction of sp³-hybridized carbons (Fsp3) is 0.520. The first-order valence-electron chi connectivity index (χ1n) is 11.6. The Labute approximate surface area is 183 Å². The standard InChI is InChI=1S/C25H31N3O3/c1-2-20(17-7-4-3-5-8-17)26-24(29)19-15-22(27-13-14-31-16-23(19)27)25(30)28-12-6-9-21(28)18-10-11-18/h3-5,7-8,15,18,20-21H,2,6,9-14,16H2,1H3,(H,26,29)/t20-,21?/m1/s1. The molecule has 2 aromatic rings. The summed E-state index contributed by atoms with van der Waals surface area (Å²) < 4.78 is 7.69. The quantitative estimate of drug-likeness (QED) is 0.769. The predicted octanol–water partition coefficient (Wildman–Crippen LogP) is 3.91. The largest absolute Gasteiger partial charge is 0.373 e. The van der Waals surface area contributed by atoms with Crippen molar-refractivity contribution in [2.24, 2.45) is 5.92 Å². The molecule has 2 fully saturated rings. The molecule has 2 atom stereocenters. The van der Waals surface area contributed by atoms with Gasteiger partial charge in [-0.2, -0.15) is 0 Å². The molecule has 2 amide bonds. The number of nitrogens with zero attached hydrogens (tertiary/aromatic N) is 2. The zero-order valence-corrected chi connectivity index (χ0v) is 18.2. The fourth-order valence-corrected chi connectivity index (χ4v) is 5.20. The maximum Gasteiger partial charge on any atom is 0.270 e. The third kappa shape index (κ3) is 3.89. The van der Waals surface area contributed by atoms with Gasteiger partial charge in [-0.15, -0.1) is 0 Å². The maximum absolute atomic E-state index is 13.5. The first-order valence-corrected chi connectivity index (χ1v) is 11.6. The van der Waals surface area contributed by atoms with Gasteiger partial charge in [0.05, 0.1) is 30.5 Å². The number of amides is 2. The van der Waals surface area contributed by atoms with Crippen molar-refractivity contribution in [2.45, 2.75) is 64.3 Å². The Morgan fingerprint density at radius 2 is 1.97 bits per heavy atom. The summed E-state index contributed by atoms with van der Waals surface area (Å²) in [5.41, 5.74) is 3.11. The van der Waals surface area contributed by atoms with Crippen LogP contribution in [0.4, 0.5) is 0 Å². The predicted molar refractivity (Wildman–Crippen MR) is 118 cm³/mol. The van der Waals surface area contributed by atoms with Crippen LogP contribution in [0.5, 0.6) is 0 Å². The molecule has 164 valence electrons. The number of hydrogen-bond donors (Lipinski definition) is 1. The van der Waals surface area contributed by atoms with Crippen molar-refractivity contribution in [1.29, 1.82) is 0 Å². The lowest BCUT2D eigenvalue weighted by atomic mass is 10.0. The number of fused-ring (bicyclic) bond motifs is 1. The first kappa shape index (κ1) is 20.3. The van der Waals surface area contributed by atoms with Gasteiger partial charge in [-0.05, 0) is 49.7 Å². The number of benzene rings is 1. The first-order chi connectivity index (χ1) is 15.2. The summed E-state index contributed by atoms with van der Waals surface area (Å²) in [5, 5.41) is 3.18. The van der Waals surface area contributed by atoms with E-state index in [9.17, 15) is 9.59 Å². The normalized spacial score (nSPS) is 21.6. The van der Waals surface area contributed by atoms with E-state index in [0.717, 1.165) is 37.1 Å². The van der Waals surface area contributed by atoms with E-state index in [1.165, 1.54) is 12.8 Å². The highest BCUT2D eigenvalue weighted by Gasteiger charge is 2.41. The van der Waals surface area contributed by atoms with Crippen LogP contribution in [0.25, 0.3) is 0 Å². The van der Waals surface area contributed by atoms with E-state index in [0.29, 0.717) is 43.0 Å². The number of aromatic nitrogens is 1. The average Bonchev–Trinajstić information content (AvgIpc) is 3.40. The van der Waals surface area contributed by atoms with Crippen LogP contribution in [-0.2, 0) is 17.9 Å². The lowest BCUT2D eigenvalue weighted by molar-refractivity contribution is 0.0664. The van der Waals surface area contributed by atoms with E-state index in [2.05, 4.69) is 17.1 Å². The summed E-state index contributed by atoms with van der Waals surface area (Å²) in [6.07, 6.45) is 5.45. The number of nitrogens with one attached hydrogen (secondary N) is 1. The second-order valence-electron chi connectivity index (χ2n) is 8.98. The molecule has 1 aromatic carbocycles. The molecule has 1 aromatic heterocycles. The van der Waals surface area contributed by atoms with Crippen molar-refractivity contribution < 1.29 is 14.3 Å². The van der Waals surface area contributed by atoms with Gasteiger partial charge >= 0.3 is 0 Å². The SMILES string of the molecule is CC[C@@H](NC(=O)c1cc(C(=O)N2CCCC2C2CC2)n2c1COCC2)c1ccccc1. The molecule has 6 nitrogen and oxygen atoms in total. The summed E-state index contributed by atoms with van der Waals surface area (Å²) in [4.78, 5) is 28.9. The molecule has 3 aliphatic rings. The molecule has 2 aliphatic heterocycles. The number of rotatable bonds is 6.